The predicted octanol–water partition coefficient (Wildman–Crippen LogP) is 4.10. The maximum Gasteiger partial charge on any atom is 0.303 e. The van der Waals surface area contributed by atoms with Crippen LogP contribution in [0.5, 0.6) is 0 Å². The van der Waals surface area contributed by atoms with Gasteiger partial charge in [0.1, 0.15) is 5.82 Å². The Hall–Kier alpha value is -3.35. The molecule has 162 valence electrons. The molecule has 4 rings (SSSR count). The molecular weight excluding hydrogens is 395 g/mol. The van der Waals surface area contributed by atoms with Gasteiger partial charge in [0.25, 0.3) is 0 Å². The maximum atomic E-state index is 14.3. The Kier molecular flexibility index (Phi) is 6.50. The van der Waals surface area contributed by atoms with E-state index in [0.717, 1.165) is 32.5 Å². The van der Waals surface area contributed by atoms with Gasteiger partial charge in [0.05, 0.1) is 6.54 Å². The van der Waals surface area contributed by atoms with Gasteiger partial charge in [-0.2, -0.15) is 5.10 Å². The van der Waals surface area contributed by atoms with E-state index in [-0.39, 0.29) is 18.7 Å². The van der Waals surface area contributed by atoms with E-state index in [1.54, 1.807) is 12.3 Å². The molecule has 0 atom stereocenters. The second-order valence-corrected chi connectivity index (χ2v) is 7.83. The van der Waals surface area contributed by atoms with Gasteiger partial charge in [-0.05, 0) is 60.2 Å². The lowest BCUT2D eigenvalue weighted by Gasteiger charge is -2.32. The van der Waals surface area contributed by atoms with Crippen molar-refractivity contribution in [1.82, 2.24) is 9.78 Å². The van der Waals surface area contributed by atoms with Gasteiger partial charge in [-0.15, -0.1) is 0 Å². The van der Waals surface area contributed by atoms with E-state index in [1.165, 1.54) is 22.9 Å². The molecule has 0 fully saturated rings. The highest BCUT2D eigenvalue weighted by Gasteiger charge is 2.19. The van der Waals surface area contributed by atoms with Gasteiger partial charge in [0.15, 0.2) is 0 Å². The van der Waals surface area contributed by atoms with Crippen LogP contribution in [0, 0.1) is 5.82 Å². The first kappa shape index (κ1) is 20.9. The average Bonchev–Trinajstić information content (AvgIpc) is 3.29. The molecule has 0 saturated carbocycles. The molecule has 0 unspecified atom stereocenters. The molecule has 0 radical (unpaired) electrons. The zero-order valence-electron chi connectivity index (χ0n) is 17.4. The Morgan fingerprint density at radius 2 is 2.06 bits per heavy atom. The summed E-state index contributed by atoms with van der Waals surface area (Å²) < 4.78 is 16.3. The summed E-state index contributed by atoms with van der Waals surface area (Å²) in [5.41, 5.74) is 4.96. The van der Waals surface area contributed by atoms with Crippen molar-refractivity contribution >= 4 is 17.3 Å². The zero-order chi connectivity index (χ0) is 21.6. The second-order valence-electron chi connectivity index (χ2n) is 7.83. The standard InChI is InChI=1S/C24H27FN4O2/c25-22-16-20(9-7-18(22)8-10-24(30)31)26-17-19-4-1-6-23-21(19)5-2-12-28(23)14-15-29-13-3-11-27-29/h1,3-4,6-7,9,11,13,16,26H,2,5,8,10,12,14-15,17H2,(H,30,31). The quantitative estimate of drug-likeness (QED) is 0.543. The summed E-state index contributed by atoms with van der Waals surface area (Å²) in [6.45, 7) is 3.41. The Morgan fingerprint density at radius 3 is 2.84 bits per heavy atom. The van der Waals surface area contributed by atoms with Gasteiger partial charge in [-0.1, -0.05) is 18.2 Å². The second kappa shape index (κ2) is 9.64. The maximum absolute atomic E-state index is 14.3. The molecule has 3 aromatic rings. The van der Waals surface area contributed by atoms with Crippen molar-refractivity contribution in [3.05, 3.63) is 77.4 Å². The molecule has 2 N–H and O–H groups in total. The Bertz CT molecular complexity index is 1040. The first-order valence-electron chi connectivity index (χ1n) is 10.7. The van der Waals surface area contributed by atoms with Crippen molar-refractivity contribution in [2.24, 2.45) is 0 Å². The molecular formula is C24H27FN4O2. The van der Waals surface area contributed by atoms with Crippen molar-refractivity contribution in [1.29, 1.82) is 0 Å². The van der Waals surface area contributed by atoms with Crippen LogP contribution in [0.15, 0.2) is 54.9 Å². The molecule has 31 heavy (non-hydrogen) atoms. The molecule has 2 aromatic carbocycles. The average molecular weight is 423 g/mol. The molecule has 0 aliphatic carbocycles. The Balaban J connectivity index is 1.42. The van der Waals surface area contributed by atoms with E-state index in [4.69, 9.17) is 5.11 Å². The first-order valence-corrected chi connectivity index (χ1v) is 10.7. The molecule has 1 aromatic heterocycles. The Morgan fingerprint density at radius 1 is 1.16 bits per heavy atom. The third-order valence-electron chi connectivity index (χ3n) is 5.75. The fraction of sp³-hybridized carbons (Fsp3) is 0.333. The largest absolute Gasteiger partial charge is 0.481 e. The minimum atomic E-state index is -0.922. The van der Waals surface area contributed by atoms with Crippen LogP contribution in [-0.2, 0) is 30.7 Å². The highest BCUT2D eigenvalue weighted by molar-refractivity contribution is 5.67. The zero-order valence-corrected chi connectivity index (χ0v) is 17.4. The Labute approximate surface area is 181 Å². The first-order chi connectivity index (χ1) is 15.1. The van der Waals surface area contributed by atoms with Crippen LogP contribution in [0.2, 0.25) is 0 Å². The molecule has 7 heteroatoms. The fourth-order valence-electron chi connectivity index (χ4n) is 4.13. The molecule has 0 saturated heterocycles. The summed E-state index contributed by atoms with van der Waals surface area (Å²) in [7, 11) is 0. The number of fused-ring (bicyclic) bond motifs is 1. The number of hydrogen-bond donors (Lipinski definition) is 2. The van der Waals surface area contributed by atoms with Gasteiger partial charge in [-0.25, -0.2) is 4.39 Å². The van der Waals surface area contributed by atoms with Crippen molar-refractivity contribution < 1.29 is 14.3 Å². The summed E-state index contributed by atoms with van der Waals surface area (Å²) in [5.74, 6) is -1.29. The van der Waals surface area contributed by atoms with E-state index in [1.807, 2.05) is 23.0 Å². The van der Waals surface area contributed by atoms with Crippen LogP contribution in [0.3, 0.4) is 0 Å². The molecule has 0 amide bonds. The van der Waals surface area contributed by atoms with E-state index in [2.05, 4.69) is 33.5 Å². The minimum absolute atomic E-state index is 0.0727. The molecule has 6 nitrogen and oxygen atoms in total. The number of carboxylic acid groups (broad SMARTS) is 1. The number of aromatic nitrogens is 2. The number of benzene rings is 2. The number of hydrogen-bond acceptors (Lipinski definition) is 4. The lowest BCUT2D eigenvalue weighted by Crippen LogP contribution is -2.33. The number of aryl methyl sites for hydroxylation is 1. The normalized spacial score (nSPS) is 13.1. The summed E-state index contributed by atoms with van der Waals surface area (Å²) >= 11 is 0. The van der Waals surface area contributed by atoms with Crippen LogP contribution in [0.4, 0.5) is 15.8 Å². The van der Waals surface area contributed by atoms with Gasteiger partial charge >= 0.3 is 5.97 Å². The molecule has 0 bridgehead atoms. The summed E-state index contributed by atoms with van der Waals surface area (Å²) in [4.78, 5) is 13.1. The third kappa shape index (κ3) is 5.23. The van der Waals surface area contributed by atoms with Crippen LogP contribution in [0.1, 0.15) is 29.5 Å². The smallest absolute Gasteiger partial charge is 0.303 e. The van der Waals surface area contributed by atoms with Crippen LogP contribution < -0.4 is 10.2 Å². The van der Waals surface area contributed by atoms with Gasteiger partial charge in [0.2, 0.25) is 0 Å². The minimum Gasteiger partial charge on any atom is -0.481 e. The van der Waals surface area contributed by atoms with Gasteiger partial charge in [-0.3, -0.25) is 9.48 Å². The van der Waals surface area contributed by atoms with E-state index in [9.17, 15) is 9.18 Å². The van der Waals surface area contributed by atoms with Gasteiger partial charge < -0.3 is 15.3 Å². The number of nitrogens with one attached hydrogen (secondary N) is 1. The summed E-state index contributed by atoms with van der Waals surface area (Å²) in [6, 6.07) is 13.2. The molecule has 2 heterocycles. The molecule has 0 spiro atoms. The van der Waals surface area contributed by atoms with Crippen LogP contribution >= 0.6 is 0 Å². The van der Waals surface area contributed by atoms with Crippen LogP contribution in [0.25, 0.3) is 0 Å². The SMILES string of the molecule is O=C(O)CCc1ccc(NCc2cccc3c2CCCN3CCn2cccn2)cc1F. The van der Waals surface area contributed by atoms with Crippen LogP contribution in [-0.4, -0.2) is 33.9 Å². The van der Waals surface area contributed by atoms with E-state index in [0.29, 0.717) is 17.8 Å². The fourth-order valence-corrected chi connectivity index (χ4v) is 4.13. The number of carboxylic acids is 1. The van der Waals surface area contributed by atoms with Crippen molar-refractivity contribution in [3.8, 4) is 0 Å². The van der Waals surface area contributed by atoms with Crippen molar-refractivity contribution in [2.45, 2.75) is 38.8 Å². The number of carbonyl (C=O) groups is 1. The van der Waals surface area contributed by atoms with E-state index >= 15 is 0 Å². The van der Waals surface area contributed by atoms with E-state index < -0.39 is 5.97 Å². The topological polar surface area (TPSA) is 70.4 Å². The number of nitrogens with zero attached hydrogens (tertiary/aromatic N) is 3. The van der Waals surface area contributed by atoms with Crippen molar-refractivity contribution in [3.63, 3.8) is 0 Å². The van der Waals surface area contributed by atoms with Crippen molar-refractivity contribution in [2.75, 3.05) is 23.3 Å². The molecule has 1 aliphatic heterocycles. The molecule has 1 aliphatic rings. The predicted molar refractivity (Wildman–Crippen MR) is 119 cm³/mol. The number of rotatable bonds is 9. The summed E-state index contributed by atoms with van der Waals surface area (Å²) in [5, 5.41) is 16.4. The van der Waals surface area contributed by atoms with Gasteiger partial charge in [0, 0.05) is 49.8 Å². The lowest BCUT2D eigenvalue weighted by molar-refractivity contribution is -0.136. The lowest BCUT2D eigenvalue weighted by atomic mass is 9.96. The third-order valence-corrected chi connectivity index (χ3v) is 5.75. The highest BCUT2D eigenvalue weighted by Crippen LogP contribution is 2.30. The summed E-state index contributed by atoms with van der Waals surface area (Å²) in [6.07, 6.45) is 6.05. The monoisotopic (exact) mass is 422 g/mol. The number of anilines is 2. The number of halogens is 1. The highest BCUT2D eigenvalue weighted by atomic mass is 19.1. The number of aliphatic carboxylic acids is 1.